The summed E-state index contributed by atoms with van der Waals surface area (Å²) in [4.78, 5) is 0. The van der Waals surface area contributed by atoms with Crippen molar-refractivity contribution in [3.05, 3.63) is 11.6 Å². The van der Waals surface area contributed by atoms with Crippen molar-refractivity contribution < 1.29 is 0 Å². The second-order valence-electron chi connectivity index (χ2n) is 6.32. The first kappa shape index (κ1) is 13.1. The van der Waals surface area contributed by atoms with Gasteiger partial charge in [0.2, 0.25) is 0 Å². The van der Waals surface area contributed by atoms with Gasteiger partial charge in [0.1, 0.15) is 0 Å². The van der Waals surface area contributed by atoms with E-state index in [-0.39, 0.29) is 0 Å². The number of nitrogens with one attached hydrogen (secondary N) is 1. The fraction of sp³-hybridized carbons (Fsp3) is 0.867. The Hall–Kier alpha value is -0.340. The van der Waals surface area contributed by atoms with Gasteiger partial charge in [0, 0.05) is 12.1 Å². The highest BCUT2D eigenvalue weighted by molar-refractivity contribution is 5.06. The standard InChI is InChI=1S/C15H28N2/c1-11-7-12(2)9-13(8-11)10-17-15-5-3-14(16)4-6-15/h7,11,13-15,17H,3-6,8-10,16H2,1-2H3. The summed E-state index contributed by atoms with van der Waals surface area (Å²) < 4.78 is 0. The number of rotatable bonds is 3. The molecule has 0 aromatic heterocycles. The average molecular weight is 236 g/mol. The molecule has 17 heavy (non-hydrogen) atoms. The molecule has 0 aromatic rings. The van der Waals surface area contributed by atoms with Crippen LogP contribution in [0.1, 0.15) is 52.4 Å². The highest BCUT2D eigenvalue weighted by atomic mass is 14.9. The lowest BCUT2D eigenvalue weighted by molar-refractivity contribution is 0.305. The quantitative estimate of drug-likeness (QED) is 0.740. The molecular weight excluding hydrogens is 208 g/mol. The summed E-state index contributed by atoms with van der Waals surface area (Å²) in [5.74, 6) is 1.63. The van der Waals surface area contributed by atoms with Gasteiger partial charge in [0.05, 0.1) is 0 Å². The molecule has 2 unspecified atom stereocenters. The summed E-state index contributed by atoms with van der Waals surface area (Å²) in [5.41, 5.74) is 7.52. The van der Waals surface area contributed by atoms with E-state index in [1.807, 2.05) is 0 Å². The molecule has 0 spiro atoms. The first-order valence-corrected chi connectivity index (χ1v) is 7.29. The molecule has 2 rings (SSSR count). The summed E-state index contributed by atoms with van der Waals surface area (Å²) in [6, 6.07) is 1.20. The zero-order valence-corrected chi connectivity index (χ0v) is 11.4. The topological polar surface area (TPSA) is 38.0 Å². The number of hydrogen-bond donors (Lipinski definition) is 2. The van der Waals surface area contributed by atoms with Crippen molar-refractivity contribution in [1.29, 1.82) is 0 Å². The molecule has 0 aromatic carbocycles. The fourth-order valence-electron chi connectivity index (χ4n) is 3.50. The van der Waals surface area contributed by atoms with E-state index in [4.69, 9.17) is 5.73 Å². The van der Waals surface area contributed by atoms with E-state index in [1.54, 1.807) is 5.57 Å². The molecule has 0 radical (unpaired) electrons. The number of nitrogens with two attached hydrogens (primary N) is 1. The molecule has 0 amide bonds. The van der Waals surface area contributed by atoms with Crippen molar-refractivity contribution >= 4 is 0 Å². The smallest absolute Gasteiger partial charge is 0.00683 e. The van der Waals surface area contributed by atoms with Crippen molar-refractivity contribution in [2.75, 3.05) is 6.54 Å². The molecule has 98 valence electrons. The zero-order valence-electron chi connectivity index (χ0n) is 11.4. The summed E-state index contributed by atoms with van der Waals surface area (Å²) in [6.45, 7) is 5.83. The van der Waals surface area contributed by atoms with Gasteiger partial charge in [-0.25, -0.2) is 0 Å². The summed E-state index contributed by atoms with van der Waals surface area (Å²) in [7, 11) is 0. The Morgan fingerprint density at radius 3 is 2.65 bits per heavy atom. The number of allylic oxidation sites excluding steroid dienone is 2. The maximum absolute atomic E-state index is 5.94. The maximum Gasteiger partial charge on any atom is 0.00683 e. The third kappa shape index (κ3) is 4.11. The van der Waals surface area contributed by atoms with Crippen LogP contribution in [0, 0.1) is 11.8 Å². The van der Waals surface area contributed by atoms with Crippen molar-refractivity contribution in [3.63, 3.8) is 0 Å². The van der Waals surface area contributed by atoms with Gasteiger partial charge in [-0.15, -0.1) is 0 Å². The molecule has 2 nitrogen and oxygen atoms in total. The lowest BCUT2D eigenvalue weighted by atomic mass is 9.83. The monoisotopic (exact) mass is 236 g/mol. The van der Waals surface area contributed by atoms with Crippen LogP contribution in [0.15, 0.2) is 11.6 Å². The first-order valence-electron chi connectivity index (χ1n) is 7.29. The SMILES string of the molecule is CC1=CC(C)CC(CNC2CCC(N)CC2)C1. The van der Waals surface area contributed by atoms with E-state index in [2.05, 4.69) is 25.2 Å². The molecule has 3 N–H and O–H groups in total. The van der Waals surface area contributed by atoms with Crippen LogP contribution in [-0.4, -0.2) is 18.6 Å². The van der Waals surface area contributed by atoms with Crippen LogP contribution in [-0.2, 0) is 0 Å². The molecule has 2 aliphatic carbocycles. The van der Waals surface area contributed by atoms with Crippen LogP contribution >= 0.6 is 0 Å². The van der Waals surface area contributed by atoms with E-state index in [1.165, 1.54) is 45.1 Å². The van der Waals surface area contributed by atoms with Crippen LogP contribution in [0.3, 0.4) is 0 Å². The van der Waals surface area contributed by atoms with Crippen LogP contribution in [0.25, 0.3) is 0 Å². The second kappa shape index (κ2) is 6.01. The van der Waals surface area contributed by atoms with Gasteiger partial charge in [0.15, 0.2) is 0 Å². The van der Waals surface area contributed by atoms with Gasteiger partial charge >= 0.3 is 0 Å². The van der Waals surface area contributed by atoms with E-state index < -0.39 is 0 Å². The molecular formula is C15H28N2. The van der Waals surface area contributed by atoms with Crippen molar-refractivity contribution in [2.24, 2.45) is 17.6 Å². The van der Waals surface area contributed by atoms with Crippen molar-refractivity contribution in [1.82, 2.24) is 5.32 Å². The molecule has 1 saturated carbocycles. The van der Waals surface area contributed by atoms with E-state index in [0.29, 0.717) is 6.04 Å². The number of hydrogen-bond acceptors (Lipinski definition) is 2. The van der Waals surface area contributed by atoms with Crippen LogP contribution in [0.5, 0.6) is 0 Å². The van der Waals surface area contributed by atoms with E-state index >= 15 is 0 Å². The Balaban J connectivity index is 1.70. The molecule has 1 fully saturated rings. The van der Waals surface area contributed by atoms with E-state index in [9.17, 15) is 0 Å². The van der Waals surface area contributed by atoms with E-state index in [0.717, 1.165) is 17.9 Å². The lowest BCUT2D eigenvalue weighted by Crippen LogP contribution is -2.40. The molecule has 2 atom stereocenters. The fourth-order valence-corrected chi connectivity index (χ4v) is 3.50. The predicted molar refractivity (Wildman–Crippen MR) is 73.9 cm³/mol. The highest BCUT2D eigenvalue weighted by Gasteiger charge is 2.21. The highest BCUT2D eigenvalue weighted by Crippen LogP contribution is 2.27. The van der Waals surface area contributed by atoms with Gasteiger partial charge < -0.3 is 11.1 Å². The van der Waals surface area contributed by atoms with Crippen LogP contribution in [0.4, 0.5) is 0 Å². The van der Waals surface area contributed by atoms with Gasteiger partial charge in [0.25, 0.3) is 0 Å². The minimum atomic E-state index is 0.466. The Morgan fingerprint density at radius 2 is 2.00 bits per heavy atom. The molecule has 0 bridgehead atoms. The van der Waals surface area contributed by atoms with Gasteiger partial charge in [-0.3, -0.25) is 0 Å². The average Bonchev–Trinajstić information content (AvgIpc) is 2.27. The Bertz CT molecular complexity index is 264. The summed E-state index contributed by atoms with van der Waals surface area (Å²) >= 11 is 0. The summed E-state index contributed by atoms with van der Waals surface area (Å²) in [5, 5.41) is 3.77. The zero-order chi connectivity index (χ0) is 12.3. The van der Waals surface area contributed by atoms with Crippen LogP contribution in [0.2, 0.25) is 0 Å². The third-order valence-corrected chi connectivity index (χ3v) is 4.35. The van der Waals surface area contributed by atoms with Gasteiger partial charge in [-0.1, -0.05) is 18.6 Å². The predicted octanol–water partition coefficient (Wildman–Crippen LogP) is 2.84. The van der Waals surface area contributed by atoms with Gasteiger partial charge in [-0.05, 0) is 63.8 Å². The first-order chi connectivity index (χ1) is 8.13. The molecule has 0 heterocycles. The Morgan fingerprint density at radius 1 is 1.29 bits per heavy atom. The van der Waals surface area contributed by atoms with Gasteiger partial charge in [-0.2, -0.15) is 0 Å². The Kier molecular flexibility index (Phi) is 4.63. The lowest BCUT2D eigenvalue weighted by Gasteiger charge is -2.31. The Labute approximate surface area is 106 Å². The molecule has 0 saturated heterocycles. The van der Waals surface area contributed by atoms with Crippen LogP contribution < -0.4 is 11.1 Å². The summed E-state index contributed by atoms with van der Waals surface area (Å²) in [6.07, 6.45) is 10.1. The van der Waals surface area contributed by atoms with Crippen molar-refractivity contribution in [2.45, 2.75) is 64.5 Å². The minimum Gasteiger partial charge on any atom is -0.328 e. The molecule has 0 aliphatic heterocycles. The molecule has 2 heteroatoms. The molecule has 2 aliphatic rings. The largest absolute Gasteiger partial charge is 0.328 e. The maximum atomic E-state index is 5.94. The third-order valence-electron chi connectivity index (χ3n) is 4.35. The normalized spacial score (nSPS) is 38.9. The van der Waals surface area contributed by atoms with Crippen molar-refractivity contribution in [3.8, 4) is 0 Å². The minimum absolute atomic E-state index is 0.466. The second-order valence-corrected chi connectivity index (χ2v) is 6.32.